The van der Waals surface area contributed by atoms with Crippen molar-refractivity contribution in [1.29, 1.82) is 0 Å². The number of nitrogens with zero attached hydrogens (tertiary/aromatic N) is 3. The molecule has 1 saturated heterocycles. The lowest BCUT2D eigenvalue weighted by molar-refractivity contribution is 0.0943. The average Bonchev–Trinajstić information content (AvgIpc) is 2.93. The van der Waals surface area contributed by atoms with Crippen molar-refractivity contribution in [1.82, 2.24) is 20.3 Å². The van der Waals surface area contributed by atoms with Gasteiger partial charge in [-0.25, -0.2) is 8.42 Å². The van der Waals surface area contributed by atoms with Crippen molar-refractivity contribution < 1.29 is 13.2 Å². The van der Waals surface area contributed by atoms with E-state index in [4.69, 9.17) is 5.73 Å². The molecule has 1 fully saturated rings. The molecule has 1 aromatic rings. The van der Waals surface area contributed by atoms with Gasteiger partial charge >= 0.3 is 0 Å². The first-order chi connectivity index (χ1) is 9.00. The van der Waals surface area contributed by atoms with Crippen LogP contribution in [0.1, 0.15) is 16.9 Å². The van der Waals surface area contributed by atoms with E-state index >= 15 is 0 Å². The van der Waals surface area contributed by atoms with Crippen LogP contribution in [0.25, 0.3) is 0 Å². The molecule has 3 N–H and O–H groups in total. The zero-order chi connectivity index (χ0) is 13.9. The number of carbonyl (C=O) groups is 1. The Hall–Kier alpha value is -1.48. The van der Waals surface area contributed by atoms with E-state index in [1.165, 1.54) is 10.9 Å². The maximum Gasteiger partial charge on any atom is 0.273 e. The van der Waals surface area contributed by atoms with Gasteiger partial charge in [-0.05, 0) is 12.3 Å². The molecule has 0 spiro atoms. The second-order valence-electron chi connectivity index (χ2n) is 4.63. The number of sulfone groups is 1. The first kappa shape index (κ1) is 13.9. The van der Waals surface area contributed by atoms with E-state index in [-0.39, 0.29) is 29.0 Å². The van der Waals surface area contributed by atoms with Gasteiger partial charge in [-0.3, -0.25) is 9.48 Å². The second kappa shape index (κ2) is 5.66. The maximum absolute atomic E-state index is 11.8. The highest BCUT2D eigenvalue weighted by atomic mass is 32.2. The van der Waals surface area contributed by atoms with E-state index in [0.29, 0.717) is 26.1 Å². The van der Waals surface area contributed by atoms with Gasteiger partial charge in [0, 0.05) is 13.1 Å². The smallest absolute Gasteiger partial charge is 0.273 e. The zero-order valence-corrected chi connectivity index (χ0v) is 11.3. The summed E-state index contributed by atoms with van der Waals surface area (Å²) in [6.07, 6.45) is 2.12. The summed E-state index contributed by atoms with van der Waals surface area (Å²) < 4.78 is 24.1. The van der Waals surface area contributed by atoms with Crippen LogP contribution in [0.2, 0.25) is 0 Å². The topological polar surface area (TPSA) is 120 Å². The van der Waals surface area contributed by atoms with Gasteiger partial charge in [-0.15, -0.1) is 5.10 Å². The van der Waals surface area contributed by atoms with Gasteiger partial charge in [0.15, 0.2) is 15.5 Å². The fraction of sp³-hybridized carbons (Fsp3) is 0.700. The predicted molar refractivity (Wildman–Crippen MR) is 68.2 cm³/mol. The number of hydrogen-bond acceptors (Lipinski definition) is 6. The summed E-state index contributed by atoms with van der Waals surface area (Å²) in [4.78, 5) is 11.8. The predicted octanol–water partition coefficient (Wildman–Crippen LogP) is -1.60. The van der Waals surface area contributed by atoms with Crippen molar-refractivity contribution in [2.24, 2.45) is 11.7 Å². The van der Waals surface area contributed by atoms with Crippen LogP contribution < -0.4 is 11.1 Å². The first-order valence-electron chi connectivity index (χ1n) is 6.09. The van der Waals surface area contributed by atoms with Crippen LogP contribution >= 0.6 is 0 Å². The van der Waals surface area contributed by atoms with Gasteiger partial charge in [0.1, 0.15) is 0 Å². The number of carbonyl (C=O) groups excluding carboxylic acids is 1. The molecular weight excluding hydrogens is 270 g/mol. The lowest BCUT2D eigenvalue weighted by Gasteiger charge is -2.07. The molecule has 1 aliphatic rings. The molecule has 1 amide bonds. The molecule has 1 unspecified atom stereocenters. The fourth-order valence-corrected chi connectivity index (χ4v) is 3.87. The number of hydrogen-bond donors (Lipinski definition) is 2. The van der Waals surface area contributed by atoms with Gasteiger partial charge in [-0.2, -0.15) is 0 Å². The van der Waals surface area contributed by atoms with Crippen molar-refractivity contribution in [2.45, 2.75) is 13.0 Å². The van der Waals surface area contributed by atoms with Crippen LogP contribution in [0, 0.1) is 5.92 Å². The average molecular weight is 287 g/mol. The molecule has 9 heteroatoms. The fourth-order valence-electron chi connectivity index (χ4n) is 2.00. The number of rotatable bonds is 5. The quantitative estimate of drug-likeness (QED) is 0.673. The van der Waals surface area contributed by atoms with Crippen LogP contribution in [0.4, 0.5) is 0 Å². The van der Waals surface area contributed by atoms with Crippen molar-refractivity contribution in [2.75, 3.05) is 24.6 Å². The highest BCUT2D eigenvalue weighted by molar-refractivity contribution is 7.91. The third-order valence-corrected chi connectivity index (χ3v) is 4.84. The van der Waals surface area contributed by atoms with Gasteiger partial charge in [0.25, 0.3) is 5.91 Å². The minimum absolute atomic E-state index is 0.00645. The van der Waals surface area contributed by atoms with Crippen LogP contribution in [0.15, 0.2) is 6.20 Å². The van der Waals surface area contributed by atoms with Gasteiger partial charge < -0.3 is 11.1 Å². The van der Waals surface area contributed by atoms with E-state index in [0.717, 1.165) is 0 Å². The van der Waals surface area contributed by atoms with Crippen molar-refractivity contribution in [3.8, 4) is 0 Å². The molecule has 1 atom stereocenters. The first-order valence-corrected chi connectivity index (χ1v) is 7.91. The van der Waals surface area contributed by atoms with Gasteiger partial charge in [-0.1, -0.05) is 5.21 Å². The van der Waals surface area contributed by atoms with Crippen LogP contribution in [-0.4, -0.2) is 53.9 Å². The van der Waals surface area contributed by atoms with Gasteiger partial charge in [0.05, 0.1) is 24.2 Å². The molecule has 1 aromatic heterocycles. The number of amides is 1. The Balaban J connectivity index is 1.84. The van der Waals surface area contributed by atoms with Crippen molar-refractivity contribution >= 4 is 15.7 Å². The Morgan fingerprint density at radius 3 is 3.00 bits per heavy atom. The summed E-state index contributed by atoms with van der Waals surface area (Å²) in [5.41, 5.74) is 5.58. The molecule has 0 saturated carbocycles. The van der Waals surface area contributed by atoms with Crippen molar-refractivity contribution in [3.63, 3.8) is 0 Å². The summed E-state index contributed by atoms with van der Waals surface area (Å²) in [7, 11) is -2.91. The second-order valence-corrected chi connectivity index (χ2v) is 6.86. The Morgan fingerprint density at radius 1 is 1.58 bits per heavy atom. The zero-order valence-electron chi connectivity index (χ0n) is 10.4. The summed E-state index contributed by atoms with van der Waals surface area (Å²) in [5, 5.41) is 10.2. The summed E-state index contributed by atoms with van der Waals surface area (Å²) >= 11 is 0. The highest BCUT2D eigenvalue weighted by Gasteiger charge is 2.28. The third-order valence-electron chi connectivity index (χ3n) is 3.01. The number of aromatic nitrogens is 3. The highest BCUT2D eigenvalue weighted by Crippen LogP contribution is 2.17. The lowest BCUT2D eigenvalue weighted by atomic mass is 10.1. The molecule has 106 valence electrons. The summed E-state index contributed by atoms with van der Waals surface area (Å²) in [6, 6.07) is 0. The molecule has 8 nitrogen and oxygen atoms in total. The molecule has 0 radical (unpaired) electrons. The molecule has 1 aliphatic heterocycles. The van der Waals surface area contributed by atoms with E-state index in [1.807, 2.05) is 0 Å². The maximum atomic E-state index is 11.8. The largest absolute Gasteiger partial charge is 0.350 e. The Morgan fingerprint density at radius 2 is 2.37 bits per heavy atom. The van der Waals surface area contributed by atoms with Crippen LogP contribution in [-0.2, 0) is 16.4 Å². The minimum Gasteiger partial charge on any atom is -0.350 e. The Bertz CT molecular complexity index is 553. The molecule has 2 rings (SSSR count). The third kappa shape index (κ3) is 3.74. The molecule has 0 aliphatic carbocycles. The lowest BCUT2D eigenvalue weighted by Crippen LogP contribution is -2.30. The molecule has 2 heterocycles. The van der Waals surface area contributed by atoms with Crippen LogP contribution in [0.3, 0.4) is 0 Å². The standard InChI is InChI=1S/C10H17N5O3S/c11-2-3-15-6-9(13-14-15)10(16)12-5-8-1-4-19(17,18)7-8/h6,8H,1-5,7,11H2,(H,12,16). The van der Waals surface area contributed by atoms with E-state index in [1.54, 1.807) is 0 Å². The van der Waals surface area contributed by atoms with Crippen molar-refractivity contribution in [3.05, 3.63) is 11.9 Å². The number of nitrogens with one attached hydrogen (secondary N) is 1. The number of nitrogens with two attached hydrogens (primary N) is 1. The Kier molecular flexibility index (Phi) is 4.15. The molecule has 0 bridgehead atoms. The summed E-state index contributed by atoms with van der Waals surface area (Å²) in [6.45, 7) is 1.27. The van der Waals surface area contributed by atoms with E-state index in [9.17, 15) is 13.2 Å². The van der Waals surface area contributed by atoms with E-state index < -0.39 is 9.84 Å². The minimum atomic E-state index is -2.91. The molecular formula is C10H17N5O3S. The SMILES string of the molecule is NCCn1cc(C(=O)NCC2CCS(=O)(=O)C2)nn1. The molecule has 19 heavy (non-hydrogen) atoms. The van der Waals surface area contributed by atoms with Crippen LogP contribution in [0.5, 0.6) is 0 Å². The Labute approximate surface area is 111 Å². The van der Waals surface area contributed by atoms with Gasteiger partial charge in [0.2, 0.25) is 0 Å². The summed E-state index contributed by atoms with van der Waals surface area (Å²) in [5.74, 6) is 0.00787. The normalized spacial score (nSPS) is 21.4. The molecule has 0 aromatic carbocycles. The monoisotopic (exact) mass is 287 g/mol. The van der Waals surface area contributed by atoms with E-state index in [2.05, 4.69) is 15.6 Å².